The minimum atomic E-state index is -4.55. The lowest BCUT2D eigenvalue weighted by Crippen LogP contribution is -2.35. The van der Waals surface area contributed by atoms with Gasteiger partial charge in [0.2, 0.25) is 0 Å². The van der Waals surface area contributed by atoms with Gasteiger partial charge in [-0.15, -0.1) is 21.5 Å². The largest absolute Gasteiger partial charge is 0.434 e. The summed E-state index contributed by atoms with van der Waals surface area (Å²) < 4.78 is 40.5. The molecule has 1 unspecified atom stereocenters. The van der Waals surface area contributed by atoms with Crippen molar-refractivity contribution in [1.29, 1.82) is 0 Å². The van der Waals surface area contributed by atoms with Gasteiger partial charge in [0, 0.05) is 31.4 Å². The third-order valence-corrected chi connectivity index (χ3v) is 5.88. The Morgan fingerprint density at radius 2 is 2.03 bits per heavy atom. The van der Waals surface area contributed by atoms with Gasteiger partial charge in [0.25, 0.3) is 0 Å². The molecular formula is C18H15F3N8S. The zero-order chi connectivity index (χ0) is 20.7. The lowest BCUT2D eigenvalue weighted by atomic mass is 9.99. The average Bonchev–Trinajstić information content (AvgIpc) is 3.43. The highest BCUT2D eigenvalue weighted by Crippen LogP contribution is 2.31. The molecule has 4 aromatic rings. The Balaban J connectivity index is 1.48. The van der Waals surface area contributed by atoms with Gasteiger partial charge in [0.1, 0.15) is 22.0 Å². The maximum absolute atomic E-state index is 13.1. The molecule has 1 atom stereocenters. The van der Waals surface area contributed by atoms with Crippen LogP contribution in [-0.2, 0) is 6.18 Å². The van der Waals surface area contributed by atoms with Crippen molar-refractivity contribution < 1.29 is 13.2 Å². The zero-order valence-corrected chi connectivity index (χ0v) is 16.3. The summed E-state index contributed by atoms with van der Waals surface area (Å²) in [6.07, 6.45) is 2.54. The molecule has 4 aromatic heterocycles. The quantitative estimate of drug-likeness (QED) is 0.490. The molecule has 8 nitrogen and oxygen atoms in total. The molecule has 0 amide bonds. The zero-order valence-electron chi connectivity index (χ0n) is 15.5. The molecule has 12 heteroatoms. The molecule has 0 aliphatic carbocycles. The van der Waals surface area contributed by atoms with Crippen molar-refractivity contribution in [2.75, 3.05) is 18.0 Å². The highest BCUT2D eigenvalue weighted by molar-refractivity contribution is 7.09. The number of nitrogens with zero attached hydrogens (tertiary/aromatic N) is 8. The second kappa shape index (κ2) is 7.27. The summed E-state index contributed by atoms with van der Waals surface area (Å²) >= 11 is 1.54. The lowest BCUT2D eigenvalue weighted by Gasteiger charge is -2.32. The summed E-state index contributed by atoms with van der Waals surface area (Å²) in [5.41, 5.74) is 1.39. The highest BCUT2D eigenvalue weighted by atomic mass is 32.1. The Bertz CT molecular complexity index is 1170. The van der Waals surface area contributed by atoms with Crippen LogP contribution in [-0.4, -0.2) is 47.6 Å². The Morgan fingerprint density at radius 1 is 1.13 bits per heavy atom. The van der Waals surface area contributed by atoms with Crippen molar-refractivity contribution in [3.05, 3.63) is 47.1 Å². The lowest BCUT2D eigenvalue weighted by molar-refractivity contribution is -0.141. The summed E-state index contributed by atoms with van der Waals surface area (Å²) in [5.74, 6) is 1.30. The van der Waals surface area contributed by atoms with Crippen LogP contribution in [0.5, 0.6) is 0 Å². The van der Waals surface area contributed by atoms with Gasteiger partial charge in [0.05, 0.1) is 12.4 Å². The number of piperidine rings is 1. The standard InChI is InChI=1S/C18H15F3N8S/c19-18(20,21)13-9-29-12(6-24-15(29)7-23-13)16-22-4-3-14(26-16)28-5-1-2-11(8-28)17-27-25-10-30-17/h3-4,6-7,9-11H,1-2,5,8H2. The number of halogens is 3. The van der Waals surface area contributed by atoms with Crippen LogP contribution in [0.3, 0.4) is 0 Å². The van der Waals surface area contributed by atoms with Crippen molar-refractivity contribution in [3.8, 4) is 11.5 Å². The number of fused-ring (bicyclic) bond motifs is 1. The van der Waals surface area contributed by atoms with Crippen LogP contribution in [0.25, 0.3) is 17.2 Å². The smallest absolute Gasteiger partial charge is 0.356 e. The second-order valence-corrected chi connectivity index (χ2v) is 7.81. The van der Waals surface area contributed by atoms with E-state index < -0.39 is 11.9 Å². The molecule has 1 aliphatic rings. The van der Waals surface area contributed by atoms with E-state index in [1.807, 2.05) is 0 Å². The first-order valence-electron chi connectivity index (χ1n) is 9.24. The number of alkyl halides is 3. The monoisotopic (exact) mass is 432 g/mol. The fourth-order valence-corrected chi connectivity index (χ4v) is 4.28. The molecule has 0 radical (unpaired) electrons. The summed E-state index contributed by atoms with van der Waals surface area (Å²) in [7, 11) is 0. The molecule has 5 heterocycles. The third kappa shape index (κ3) is 3.47. The molecule has 0 spiro atoms. The molecule has 0 aromatic carbocycles. The van der Waals surface area contributed by atoms with Gasteiger partial charge in [-0.05, 0) is 18.9 Å². The second-order valence-electron chi connectivity index (χ2n) is 6.94. The number of hydrogen-bond acceptors (Lipinski definition) is 8. The van der Waals surface area contributed by atoms with E-state index in [1.54, 1.807) is 29.1 Å². The summed E-state index contributed by atoms with van der Waals surface area (Å²) in [6.45, 7) is 1.59. The molecular weight excluding hydrogens is 417 g/mol. The van der Waals surface area contributed by atoms with Crippen molar-refractivity contribution in [1.82, 2.24) is 34.5 Å². The van der Waals surface area contributed by atoms with Crippen molar-refractivity contribution in [2.45, 2.75) is 24.9 Å². The molecule has 1 fully saturated rings. The maximum atomic E-state index is 13.1. The van der Waals surface area contributed by atoms with Gasteiger partial charge in [-0.2, -0.15) is 13.2 Å². The predicted molar refractivity (Wildman–Crippen MR) is 103 cm³/mol. The van der Waals surface area contributed by atoms with Crippen LogP contribution in [0, 0.1) is 0 Å². The van der Waals surface area contributed by atoms with Gasteiger partial charge >= 0.3 is 6.18 Å². The molecule has 0 saturated carbocycles. The first-order valence-corrected chi connectivity index (χ1v) is 10.1. The number of aromatic nitrogens is 7. The van der Waals surface area contributed by atoms with Gasteiger partial charge in [0.15, 0.2) is 17.2 Å². The van der Waals surface area contributed by atoms with Crippen molar-refractivity contribution >= 4 is 22.8 Å². The van der Waals surface area contributed by atoms with Crippen LogP contribution in [0.2, 0.25) is 0 Å². The first-order chi connectivity index (χ1) is 14.5. The van der Waals surface area contributed by atoms with E-state index in [2.05, 4.69) is 35.0 Å². The average molecular weight is 432 g/mol. The van der Waals surface area contributed by atoms with Crippen molar-refractivity contribution in [2.24, 2.45) is 0 Å². The minimum absolute atomic E-state index is 0.279. The van der Waals surface area contributed by atoms with Gasteiger partial charge < -0.3 is 4.90 Å². The van der Waals surface area contributed by atoms with Crippen LogP contribution in [0.4, 0.5) is 19.0 Å². The van der Waals surface area contributed by atoms with E-state index in [0.29, 0.717) is 23.0 Å². The maximum Gasteiger partial charge on any atom is 0.434 e. The van der Waals surface area contributed by atoms with Crippen LogP contribution >= 0.6 is 11.3 Å². The van der Waals surface area contributed by atoms with E-state index in [0.717, 1.165) is 43.3 Å². The number of hydrogen-bond donors (Lipinski definition) is 0. The van der Waals surface area contributed by atoms with E-state index in [-0.39, 0.29) is 5.92 Å². The molecule has 0 N–H and O–H groups in total. The van der Waals surface area contributed by atoms with Crippen LogP contribution < -0.4 is 4.90 Å². The van der Waals surface area contributed by atoms with E-state index in [1.165, 1.54) is 10.6 Å². The molecule has 30 heavy (non-hydrogen) atoms. The molecule has 0 bridgehead atoms. The van der Waals surface area contributed by atoms with Gasteiger partial charge in [-0.25, -0.2) is 19.9 Å². The van der Waals surface area contributed by atoms with Gasteiger partial charge in [-0.1, -0.05) is 0 Å². The SMILES string of the molecule is FC(F)(F)c1cn2c(-c3nccc(N4CCCC(c5nncs5)C4)n3)cnc2cn1. The topological polar surface area (TPSA) is 85.0 Å². The Kier molecular flexibility index (Phi) is 4.57. The fraction of sp³-hybridized carbons (Fsp3) is 0.333. The Morgan fingerprint density at radius 3 is 2.83 bits per heavy atom. The fourth-order valence-electron chi connectivity index (χ4n) is 3.60. The summed E-state index contributed by atoms with van der Waals surface area (Å²) in [6, 6.07) is 1.80. The minimum Gasteiger partial charge on any atom is -0.356 e. The van der Waals surface area contributed by atoms with E-state index >= 15 is 0 Å². The summed E-state index contributed by atoms with van der Waals surface area (Å²) in [5, 5.41) is 9.12. The third-order valence-electron chi connectivity index (χ3n) is 5.03. The molecule has 154 valence electrons. The van der Waals surface area contributed by atoms with E-state index in [4.69, 9.17) is 0 Å². The number of anilines is 1. The first kappa shape index (κ1) is 18.9. The highest BCUT2D eigenvalue weighted by Gasteiger charge is 2.33. The number of imidazole rings is 1. The Hall–Kier alpha value is -3.15. The Labute approximate surface area is 172 Å². The van der Waals surface area contributed by atoms with Gasteiger partial charge in [-0.3, -0.25) is 4.40 Å². The molecule has 1 saturated heterocycles. The number of rotatable bonds is 3. The van der Waals surface area contributed by atoms with Crippen molar-refractivity contribution in [3.63, 3.8) is 0 Å². The normalized spacial score (nSPS) is 17.6. The van der Waals surface area contributed by atoms with E-state index in [9.17, 15) is 13.2 Å². The predicted octanol–water partition coefficient (Wildman–Crippen LogP) is 3.44. The molecule has 1 aliphatic heterocycles. The molecule has 5 rings (SSSR count). The van der Waals surface area contributed by atoms with Crippen LogP contribution in [0.1, 0.15) is 29.5 Å². The summed E-state index contributed by atoms with van der Waals surface area (Å²) in [4.78, 5) is 18.6. The van der Waals surface area contributed by atoms with Crippen LogP contribution in [0.15, 0.2) is 36.4 Å².